The summed E-state index contributed by atoms with van der Waals surface area (Å²) in [6.07, 6.45) is 1.22. The van der Waals surface area contributed by atoms with Gasteiger partial charge in [-0.05, 0) is 29.5 Å². The van der Waals surface area contributed by atoms with E-state index in [1.165, 1.54) is 11.1 Å². The maximum atomic E-state index is 5.90. The van der Waals surface area contributed by atoms with Crippen molar-refractivity contribution in [1.29, 1.82) is 0 Å². The van der Waals surface area contributed by atoms with Crippen molar-refractivity contribution in [3.05, 3.63) is 35.4 Å². The Morgan fingerprint density at radius 1 is 1.19 bits per heavy atom. The van der Waals surface area contributed by atoms with Gasteiger partial charge in [-0.15, -0.1) is 0 Å². The second kappa shape index (κ2) is 7.39. The molecule has 1 saturated heterocycles. The third kappa shape index (κ3) is 4.53. The van der Waals surface area contributed by atoms with Crippen LogP contribution >= 0.6 is 0 Å². The van der Waals surface area contributed by atoms with Gasteiger partial charge in [0, 0.05) is 0 Å². The summed E-state index contributed by atoms with van der Waals surface area (Å²) < 4.78 is 11.5. The molecule has 1 aromatic rings. The molecule has 1 aliphatic heterocycles. The Morgan fingerprint density at radius 2 is 1.90 bits per heavy atom. The minimum Gasteiger partial charge on any atom is -0.376 e. The van der Waals surface area contributed by atoms with Gasteiger partial charge >= 0.3 is 0 Å². The molecule has 0 bridgehead atoms. The number of hydrogen-bond donors (Lipinski definition) is 1. The SMILES string of the molecule is CCCNC(c1ccc(C(C)(C)C)cc1)C1COCCO1. The van der Waals surface area contributed by atoms with E-state index < -0.39 is 0 Å². The second-order valence-electron chi connectivity index (χ2n) is 6.79. The first-order chi connectivity index (χ1) is 10.0. The lowest BCUT2D eigenvalue weighted by atomic mass is 9.86. The molecular weight excluding hydrogens is 262 g/mol. The van der Waals surface area contributed by atoms with Gasteiger partial charge in [-0.25, -0.2) is 0 Å². The van der Waals surface area contributed by atoms with E-state index in [1.54, 1.807) is 0 Å². The summed E-state index contributed by atoms with van der Waals surface area (Å²) in [6.45, 7) is 12.0. The zero-order valence-corrected chi connectivity index (χ0v) is 13.8. The van der Waals surface area contributed by atoms with Crippen LogP contribution in [0.5, 0.6) is 0 Å². The van der Waals surface area contributed by atoms with Gasteiger partial charge in [-0.3, -0.25) is 0 Å². The fraction of sp³-hybridized carbons (Fsp3) is 0.667. The van der Waals surface area contributed by atoms with Crippen LogP contribution < -0.4 is 5.32 Å². The number of ether oxygens (including phenoxy) is 2. The summed E-state index contributed by atoms with van der Waals surface area (Å²) in [5.41, 5.74) is 2.84. The van der Waals surface area contributed by atoms with Crippen LogP contribution in [-0.4, -0.2) is 32.5 Å². The van der Waals surface area contributed by atoms with Gasteiger partial charge in [-0.1, -0.05) is 52.0 Å². The van der Waals surface area contributed by atoms with E-state index in [0.29, 0.717) is 19.8 Å². The summed E-state index contributed by atoms with van der Waals surface area (Å²) in [6, 6.07) is 9.14. The monoisotopic (exact) mass is 291 g/mol. The van der Waals surface area contributed by atoms with Crippen LogP contribution in [0.25, 0.3) is 0 Å². The molecule has 0 aliphatic carbocycles. The molecule has 118 valence electrons. The molecule has 0 saturated carbocycles. The second-order valence-corrected chi connectivity index (χ2v) is 6.79. The molecule has 0 radical (unpaired) electrons. The minimum absolute atomic E-state index is 0.103. The number of hydrogen-bond acceptors (Lipinski definition) is 3. The fourth-order valence-corrected chi connectivity index (χ4v) is 2.65. The lowest BCUT2D eigenvalue weighted by Gasteiger charge is -2.32. The van der Waals surface area contributed by atoms with Crippen molar-refractivity contribution in [2.75, 3.05) is 26.4 Å². The summed E-state index contributed by atoms with van der Waals surface area (Å²) in [5.74, 6) is 0. The molecule has 21 heavy (non-hydrogen) atoms. The standard InChI is InChI=1S/C18H29NO2/c1-5-10-19-17(16-13-20-11-12-21-16)14-6-8-15(9-7-14)18(2,3)4/h6-9,16-17,19H,5,10-13H2,1-4H3. The Bertz CT molecular complexity index is 416. The average Bonchev–Trinajstić information content (AvgIpc) is 2.48. The summed E-state index contributed by atoms with van der Waals surface area (Å²) in [7, 11) is 0. The molecule has 0 amide bonds. The highest BCUT2D eigenvalue weighted by molar-refractivity contribution is 5.30. The van der Waals surface area contributed by atoms with Crippen molar-refractivity contribution in [1.82, 2.24) is 5.32 Å². The van der Waals surface area contributed by atoms with Gasteiger partial charge < -0.3 is 14.8 Å². The molecule has 2 unspecified atom stereocenters. The average molecular weight is 291 g/mol. The molecule has 2 rings (SSSR count). The van der Waals surface area contributed by atoms with Crippen molar-refractivity contribution < 1.29 is 9.47 Å². The number of benzene rings is 1. The largest absolute Gasteiger partial charge is 0.376 e. The highest BCUT2D eigenvalue weighted by atomic mass is 16.6. The molecule has 0 spiro atoms. The van der Waals surface area contributed by atoms with Crippen LogP contribution in [0, 0.1) is 0 Å². The Kier molecular flexibility index (Phi) is 5.80. The maximum absolute atomic E-state index is 5.90. The normalized spacial score (nSPS) is 21.2. The van der Waals surface area contributed by atoms with Crippen LogP contribution in [0.4, 0.5) is 0 Å². The van der Waals surface area contributed by atoms with Crippen LogP contribution in [0.3, 0.4) is 0 Å². The van der Waals surface area contributed by atoms with Crippen LogP contribution in [0.15, 0.2) is 24.3 Å². The van der Waals surface area contributed by atoms with Gasteiger partial charge in [-0.2, -0.15) is 0 Å². The van der Waals surface area contributed by atoms with Crippen molar-refractivity contribution in [3.63, 3.8) is 0 Å². The topological polar surface area (TPSA) is 30.5 Å². The van der Waals surface area contributed by atoms with Gasteiger partial charge in [0.2, 0.25) is 0 Å². The first-order valence-electron chi connectivity index (χ1n) is 8.05. The Morgan fingerprint density at radius 3 is 2.43 bits per heavy atom. The fourth-order valence-electron chi connectivity index (χ4n) is 2.65. The van der Waals surface area contributed by atoms with Gasteiger partial charge in [0.1, 0.15) is 6.10 Å². The highest BCUT2D eigenvalue weighted by Gasteiger charge is 2.26. The van der Waals surface area contributed by atoms with Crippen LogP contribution in [0.2, 0.25) is 0 Å². The van der Waals surface area contributed by atoms with Gasteiger partial charge in [0.25, 0.3) is 0 Å². The first-order valence-corrected chi connectivity index (χ1v) is 8.05. The summed E-state index contributed by atoms with van der Waals surface area (Å²) >= 11 is 0. The first kappa shape index (κ1) is 16.5. The number of nitrogens with one attached hydrogen (secondary N) is 1. The molecule has 1 N–H and O–H groups in total. The summed E-state index contributed by atoms with van der Waals surface area (Å²) in [4.78, 5) is 0. The van der Waals surface area contributed by atoms with E-state index in [9.17, 15) is 0 Å². The maximum Gasteiger partial charge on any atom is 0.100 e. The molecular formula is C18H29NO2. The van der Waals surface area contributed by atoms with Crippen molar-refractivity contribution in [2.45, 2.75) is 51.7 Å². The van der Waals surface area contributed by atoms with Gasteiger partial charge in [0.15, 0.2) is 0 Å². The lowest BCUT2D eigenvalue weighted by Crippen LogP contribution is -2.40. The predicted molar refractivity (Wildman–Crippen MR) is 86.7 cm³/mol. The third-order valence-corrected chi connectivity index (χ3v) is 3.96. The van der Waals surface area contributed by atoms with Gasteiger partial charge in [0.05, 0.1) is 25.9 Å². The smallest absolute Gasteiger partial charge is 0.100 e. The van der Waals surface area contributed by atoms with Crippen molar-refractivity contribution in [2.24, 2.45) is 0 Å². The highest BCUT2D eigenvalue weighted by Crippen LogP contribution is 2.26. The van der Waals surface area contributed by atoms with E-state index >= 15 is 0 Å². The molecule has 3 heteroatoms. The van der Waals surface area contributed by atoms with E-state index in [-0.39, 0.29) is 17.6 Å². The Balaban J connectivity index is 2.15. The van der Waals surface area contributed by atoms with E-state index in [1.807, 2.05) is 0 Å². The lowest BCUT2D eigenvalue weighted by molar-refractivity contribution is -0.102. The Hall–Kier alpha value is -0.900. The summed E-state index contributed by atoms with van der Waals surface area (Å²) in [5, 5.41) is 3.61. The Labute approximate surface area is 129 Å². The van der Waals surface area contributed by atoms with Crippen LogP contribution in [0.1, 0.15) is 51.3 Å². The predicted octanol–water partition coefficient (Wildman–Crippen LogP) is 3.44. The molecule has 1 aliphatic rings. The number of rotatable bonds is 5. The van der Waals surface area contributed by atoms with Crippen LogP contribution in [-0.2, 0) is 14.9 Å². The molecule has 0 aromatic heterocycles. The quantitative estimate of drug-likeness (QED) is 0.901. The van der Waals surface area contributed by atoms with E-state index in [2.05, 4.69) is 57.3 Å². The van der Waals surface area contributed by atoms with Crippen molar-refractivity contribution in [3.8, 4) is 0 Å². The molecule has 1 fully saturated rings. The molecule has 1 heterocycles. The third-order valence-electron chi connectivity index (χ3n) is 3.96. The zero-order chi connectivity index (χ0) is 15.3. The molecule has 3 nitrogen and oxygen atoms in total. The minimum atomic E-state index is 0.103. The molecule has 2 atom stereocenters. The zero-order valence-electron chi connectivity index (χ0n) is 13.8. The van der Waals surface area contributed by atoms with E-state index in [0.717, 1.165) is 13.0 Å². The molecule has 1 aromatic carbocycles. The van der Waals surface area contributed by atoms with Crippen molar-refractivity contribution >= 4 is 0 Å². The van der Waals surface area contributed by atoms with E-state index in [4.69, 9.17) is 9.47 Å².